The van der Waals surface area contributed by atoms with Crippen molar-refractivity contribution in [1.82, 2.24) is 10.2 Å². The Morgan fingerprint density at radius 2 is 1.65 bits per heavy atom. The van der Waals surface area contributed by atoms with Crippen molar-refractivity contribution in [3.63, 3.8) is 0 Å². The number of nitrogens with zero attached hydrogens (tertiary/aromatic N) is 1. The van der Waals surface area contributed by atoms with E-state index in [0.29, 0.717) is 12.6 Å². The van der Waals surface area contributed by atoms with Gasteiger partial charge < -0.3 is 10.1 Å². The lowest BCUT2D eigenvalue weighted by molar-refractivity contribution is -0.127. The third-order valence-electron chi connectivity index (χ3n) is 6.07. The van der Waals surface area contributed by atoms with E-state index in [1.54, 1.807) is 7.11 Å². The number of rotatable bonds is 7. The zero-order chi connectivity index (χ0) is 21.5. The van der Waals surface area contributed by atoms with Gasteiger partial charge in [-0.3, -0.25) is 9.69 Å². The Labute approximate surface area is 184 Å². The molecule has 160 valence electrons. The fraction of sp³-hybridized carbons (Fsp3) is 0.296. The number of piperidine rings is 1. The van der Waals surface area contributed by atoms with Gasteiger partial charge in [0.05, 0.1) is 13.0 Å². The van der Waals surface area contributed by atoms with E-state index < -0.39 is 0 Å². The Bertz CT molecular complexity index is 975. The molecule has 0 spiro atoms. The summed E-state index contributed by atoms with van der Waals surface area (Å²) in [7, 11) is 1.69. The van der Waals surface area contributed by atoms with Crippen molar-refractivity contribution in [1.29, 1.82) is 0 Å². The maximum atomic E-state index is 13.0. The van der Waals surface area contributed by atoms with Gasteiger partial charge in [-0.1, -0.05) is 72.8 Å². The molecule has 0 aliphatic carbocycles. The van der Waals surface area contributed by atoms with Crippen molar-refractivity contribution in [3.05, 3.63) is 102 Å². The van der Waals surface area contributed by atoms with Gasteiger partial charge in [0.25, 0.3) is 0 Å². The van der Waals surface area contributed by atoms with Crippen LogP contribution < -0.4 is 10.1 Å². The number of carbonyl (C=O) groups excluding carboxylic acids is 1. The molecular formula is C27H30N2O2. The predicted molar refractivity (Wildman–Crippen MR) is 124 cm³/mol. The number of hydrogen-bond donors (Lipinski definition) is 1. The van der Waals surface area contributed by atoms with E-state index in [-0.39, 0.29) is 11.8 Å². The first-order valence-corrected chi connectivity index (χ1v) is 11.0. The van der Waals surface area contributed by atoms with Crippen LogP contribution in [0.2, 0.25) is 0 Å². The normalized spacial score (nSPS) is 19.0. The second-order valence-electron chi connectivity index (χ2n) is 8.19. The van der Waals surface area contributed by atoms with Gasteiger partial charge in [-0.25, -0.2) is 0 Å². The second-order valence-corrected chi connectivity index (χ2v) is 8.19. The van der Waals surface area contributed by atoms with Crippen molar-refractivity contribution in [3.8, 4) is 5.75 Å². The molecule has 0 saturated carbocycles. The van der Waals surface area contributed by atoms with Crippen molar-refractivity contribution < 1.29 is 9.53 Å². The van der Waals surface area contributed by atoms with Crippen LogP contribution >= 0.6 is 0 Å². The quantitative estimate of drug-likeness (QED) is 0.594. The first-order chi connectivity index (χ1) is 15.2. The molecule has 1 fully saturated rings. The Morgan fingerprint density at radius 1 is 0.935 bits per heavy atom. The molecule has 3 aromatic rings. The molecule has 1 heterocycles. The summed E-state index contributed by atoms with van der Waals surface area (Å²) in [6, 6.07) is 29.2. The molecule has 1 aliphatic rings. The average molecular weight is 415 g/mol. The van der Waals surface area contributed by atoms with E-state index in [4.69, 9.17) is 4.74 Å². The van der Waals surface area contributed by atoms with Gasteiger partial charge in [0.15, 0.2) is 0 Å². The van der Waals surface area contributed by atoms with Gasteiger partial charge in [0.2, 0.25) is 5.91 Å². The summed E-state index contributed by atoms with van der Waals surface area (Å²) in [5.74, 6) is 1.00. The van der Waals surface area contributed by atoms with Crippen LogP contribution in [0.25, 0.3) is 0 Å². The molecule has 0 bridgehead atoms. The predicted octanol–water partition coefficient (Wildman–Crippen LogP) is 4.96. The first kappa shape index (κ1) is 21.1. The number of likely N-dealkylation sites (tertiary alicyclic amines) is 1. The molecule has 31 heavy (non-hydrogen) atoms. The van der Waals surface area contributed by atoms with Gasteiger partial charge in [-0.15, -0.1) is 0 Å². The number of amides is 1. The lowest BCUT2D eigenvalue weighted by Crippen LogP contribution is -2.44. The smallest absolute Gasteiger partial charge is 0.224 e. The molecule has 1 aliphatic heterocycles. The summed E-state index contributed by atoms with van der Waals surface area (Å²) < 4.78 is 5.41. The summed E-state index contributed by atoms with van der Waals surface area (Å²) in [4.78, 5) is 15.4. The molecule has 0 aromatic heterocycles. The van der Waals surface area contributed by atoms with E-state index in [0.717, 1.165) is 37.2 Å². The zero-order valence-electron chi connectivity index (χ0n) is 18.0. The average Bonchev–Trinajstić information content (AvgIpc) is 2.84. The van der Waals surface area contributed by atoms with Gasteiger partial charge in [0, 0.05) is 25.7 Å². The van der Waals surface area contributed by atoms with E-state index in [2.05, 4.69) is 52.7 Å². The fourth-order valence-corrected chi connectivity index (χ4v) is 4.42. The van der Waals surface area contributed by atoms with Crippen molar-refractivity contribution in [2.24, 2.45) is 5.92 Å². The molecular weight excluding hydrogens is 384 g/mol. The zero-order valence-corrected chi connectivity index (χ0v) is 18.0. The summed E-state index contributed by atoms with van der Waals surface area (Å²) >= 11 is 0. The highest BCUT2D eigenvalue weighted by atomic mass is 16.5. The minimum Gasteiger partial charge on any atom is -0.497 e. The summed E-state index contributed by atoms with van der Waals surface area (Å²) in [5.41, 5.74) is 3.64. The second kappa shape index (κ2) is 10.3. The van der Waals surface area contributed by atoms with Crippen LogP contribution in [0.1, 0.15) is 35.6 Å². The van der Waals surface area contributed by atoms with Crippen molar-refractivity contribution >= 4 is 5.91 Å². The van der Waals surface area contributed by atoms with Crippen LogP contribution in [0, 0.1) is 5.92 Å². The van der Waals surface area contributed by atoms with E-state index in [1.807, 2.05) is 42.5 Å². The maximum absolute atomic E-state index is 13.0. The molecule has 0 radical (unpaired) electrons. The first-order valence-electron chi connectivity index (χ1n) is 11.0. The van der Waals surface area contributed by atoms with Gasteiger partial charge in [0.1, 0.15) is 5.75 Å². The number of nitrogens with one attached hydrogen (secondary N) is 1. The lowest BCUT2D eigenvalue weighted by atomic mass is 9.88. The molecule has 1 amide bonds. The lowest BCUT2D eigenvalue weighted by Gasteiger charge is -2.39. The number of carbonyl (C=O) groups is 1. The van der Waals surface area contributed by atoms with E-state index >= 15 is 0 Å². The summed E-state index contributed by atoms with van der Waals surface area (Å²) in [6.45, 7) is 2.12. The maximum Gasteiger partial charge on any atom is 0.224 e. The minimum atomic E-state index is -0.00529. The standard InChI is InChI=1S/C27H30N2O2/c1-31-25-14-8-11-22(17-25)19-29-20-24(15-16-26(29)23-12-6-3-7-13-23)27(30)28-18-21-9-4-2-5-10-21/h2-14,17,24,26H,15-16,18-20H2,1H3,(H,28,30)/t24-,26-/m0/s1. The van der Waals surface area contributed by atoms with Gasteiger partial charge in [-0.05, 0) is 41.7 Å². The molecule has 4 heteroatoms. The van der Waals surface area contributed by atoms with Crippen LogP contribution in [0.3, 0.4) is 0 Å². The van der Waals surface area contributed by atoms with Crippen LogP contribution in [-0.2, 0) is 17.9 Å². The fourth-order valence-electron chi connectivity index (χ4n) is 4.42. The Kier molecular flexibility index (Phi) is 7.00. The third kappa shape index (κ3) is 5.53. The highest BCUT2D eigenvalue weighted by Crippen LogP contribution is 2.35. The van der Waals surface area contributed by atoms with Gasteiger partial charge >= 0.3 is 0 Å². The number of methoxy groups -OCH3 is 1. The van der Waals surface area contributed by atoms with Crippen LogP contribution in [0.4, 0.5) is 0 Å². The monoisotopic (exact) mass is 414 g/mol. The van der Waals surface area contributed by atoms with Crippen molar-refractivity contribution in [2.75, 3.05) is 13.7 Å². The largest absolute Gasteiger partial charge is 0.497 e. The van der Waals surface area contributed by atoms with E-state index in [9.17, 15) is 4.79 Å². The highest BCUT2D eigenvalue weighted by Gasteiger charge is 2.32. The SMILES string of the molecule is COc1cccc(CN2C[C@@H](C(=O)NCc3ccccc3)CC[C@H]2c2ccccc2)c1. The van der Waals surface area contributed by atoms with Gasteiger partial charge in [-0.2, -0.15) is 0 Å². The minimum absolute atomic E-state index is 0.00529. The van der Waals surface area contributed by atoms with Crippen LogP contribution in [-0.4, -0.2) is 24.5 Å². The molecule has 1 saturated heterocycles. The Morgan fingerprint density at radius 3 is 2.39 bits per heavy atom. The summed E-state index contributed by atoms with van der Waals surface area (Å²) in [6.07, 6.45) is 1.87. The number of hydrogen-bond acceptors (Lipinski definition) is 3. The number of ether oxygens (including phenoxy) is 1. The molecule has 4 nitrogen and oxygen atoms in total. The summed E-state index contributed by atoms with van der Waals surface area (Å²) in [5, 5.41) is 3.14. The molecule has 1 N–H and O–H groups in total. The third-order valence-corrected chi connectivity index (χ3v) is 6.07. The molecule has 3 aromatic carbocycles. The van der Waals surface area contributed by atoms with E-state index in [1.165, 1.54) is 11.1 Å². The van der Waals surface area contributed by atoms with Crippen LogP contribution in [0.5, 0.6) is 5.75 Å². The Hall–Kier alpha value is -3.11. The Balaban J connectivity index is 1.48. The highest BCUT2D eigenvalue weighted by molar-refractivity contribution is 5.79. The molecule has 2 atom stereocenters. The molecule has 4 rings (SSSR count). The van der Waals surface area contributed by atoms with Crippen molar-refractivity contribution in [2.45, 2.75) is 32.0 Å². The topological polar surface area (TPSA) is 41.6 Å². The molecule has 0 unspecified atom stereocenters. The van der Waals surface area contributed by atoms with Crippen LogP contribution in [0.15, 0.2) is 84.9 Å². The number of benzene rings is 3.